The maximum absolute atomic E-state index is 13.1. The number of carbonyl (C=O) groups excluding carboxylic acids is 1. The van der Waals surface area contributed by atoms with E-state index in [4.69, 9.17) is 4.98 Å². The average Bonchev–Trinajstić information content (AvgIpc) is 3.35. The molecule has 0 radical (unpaired) electrons. The van der Waals surface area contributed by atoms with Crippen molar-refractivity contribution in [1.29, 1.82) is 0 Å². The molecule has 0 atom stereocenters. The fraction of sp³-hybridized carbons (Fsp3) is 0.100. The Bertz CT molecular complexity index is 1030. The number of aromatic nitrogens is 1. The smallest absolute Gasteiger partial charge is 0.270 e. The van der Waals surface area contributed by atoms with Crippen molar-refractivity contribution in [1.82, 2.24) is 4.98 Å². The minimum Gasteiger partial charge on any atom is -0.279 e. The Balaban J connectivity index is 1.78. The summed E-state index contributed by atoms with van der Waals surface area (Å²) in [6.45, 7) is 0.506. The van der Waals surface area contributed by atoms with Crippen molar-refractivity contribution in [2.45, 2.75) is 11.4 Å². The van der Waals surface area contributed by atoms with Crippen LogP contribution in [-0.2, 0) is 6.54 Å². The summed E-state index contributed by atoms with van der Waals surface area (Å²) < 4.78 is 1.10. The van der Waals surface area contributed by atoms with Gasteiger partial charge in [0.15, 0.2) is 5.13 Å². The Kier molecular flexibility index (Phi) is 5.06. The molecule has 130 valence electrons. The Morgan fingerprint density at radius 3 is 2.65 bits per heavy atom. The molecule has 2 aromatic heterocycles. The second kappa shape index (κ2) is 7.61. The summed E-state index contributed by atoms with van der Waals surface area (Å²) in [4.78, 5) is 21.6. The molecule has 4 rings (SSSR count). The number of fused-ring (bicyclic) bond motifs is 1. The summed E-state index contributed by atoms with van der Waals surface area (Å²) in [7, 11) is 0. The first kappa shape index (κ1) is 17.3. The zero-order chi connectivity index (χ0) is 17.9. The van der Waals surface area contributed by atoms with Crippen LogP contribution in [0.5, 0.6) is 0 Å². The van der Waals surface area contributed by atoms with Gasteiger partial charge in [0.05, 0.1) is 21.6 Å². The van der Waals surface area contributed by atoms with Gasteiger partial charge in [0.1, 0.15) is 0 Å². The topological polar surface area (TPSA) is 33.2 Å². The number of rotatable bonds is 5. The van der Waals surface area contributed by atoms with E-state index < -0.39 is 0 Å². The third kappa shape index (κ3) is 3.40. The van der Waals surface area contributed by atoms with E-state index in [9.17, 15) is 4.79 Å². The lowest BCUT2D eigenvalue weighted by Gasteiger charge is -2.19. The first-order valence-electron chi connectivity index (χ1n) is 8.09. The van der Waals surface area contributed by atoms with Crippen LogP contribution in [0.2, 0.25) is 0 Å². The molecule has 3 nitrogen and oxygen atoms in total. The van der Waals surface area contributed by atoms with Crippen molar-refractivity contribution in [3.8, 4) is 0 Å². The number of carbonyl (C=O) groups is 1. The molecule has 0 aliphatic heterocycles. The van der Waals surface area contributed by atoms with Crippen molar-refractivity contribution >= 4 is 55.7 Å². The van der Waals surface area contributed by atoms with Gasteiger partial charge < -0.3 is 0 Å². The molecular formula is C20H16N2OS3. The summed E-state index contributed by atoms with van der Waals surface area (Å²) in [5.41, 5.74) is 2.05. The third-order valence-corrected chi connectivity index (χ3v) is 6.65. The monoisotopic (exact) mass is 396 g/mol. The largest absolute Gasteiger partial charge is 0.279 e. The summed E-state index contributed by atoms with van der Waals surface area (Å²) in [6, 6.07) is 20.0. The van der Waals surface area contributed by atoms with Crippen molar-refractivity contribution < 1.29 is 4.79 Å². The molecule has 26 heavy (non-hydrogen) atoms. The number of benzene rings is 2. The lowest BCUT2D eigenvalue weighted by Crippen LogP contribution is -2.29. The molecule has 0 aliphatic carbocycles. The first-order chi connectivity index (χ1) is 12.8. The first-order valence-corrected chi connectivity index (χ1v) is 11.0. The van der Waals surface area contributed by atoms with Gasteiger partial charge in [-0.1, -0.05) is 53.8 Å². The summed E-state index contributed by atoms with van der Waals surface area (Å²) in [5, 5.41) is 2.67. The van der Waals surface area contributed by atoms with E-state index in [1.807, 2.05) is 60.2 Å². The van der Waals surface area contributed by atoms with Gasteiger partial charge >= 0.3 is 0 Å². The molecule has 0 N–H and O–H groups in total. The van der Waals surface area contributed by atoms with Gasteiger partial charge in [-0.2, -0.15) is 0 Å². The van der Waals surface area contributed by atoms with E-state index in [1.54, 1.807) is 28.0 Å². The maximum atomic E-state index is 13.1. The highest BCUT2D eigenvalue weighted by molar-refractivity contribution is 7.98. The summed E-state index contributed by atoms with van der Waals surface area (Å²) in [6.07, 6.45) is 2.05. The molecule has 4 aromatic rings. The normalized spacial score (nSPS) is 11.0. The number of thiophene rings is 1. The zero-order valence-electron chi connectivity index (χ0n) is 14.1. The number of nitrogens with zero attached hydrogens (tertiary/aromatic N) is 2. The number of hydrogen-bond donors (Lipinski definition) is 0. The van der Waals surface area contributed by atoms with Crippen molar-refractivity contribution in [3.05, 3.63) is 76.5 Å². The molecular weight excluding hydrogens is 380 g/mol. The molecule has 0 spiro atoms. The van der Waals surface area contributed by atoms with Crippen LogP contribution in [0.4, 0.5) is 5.13 Å². The number of amides is 1. The summed E-state index contributed by atoms with van der Waals surface area (Å²) >= 11 is 4.70. The highest BCUT2D eigenvalue weighted by Crippen LogP contribution is 2.35. The fourth-order valence-corrected chi connectivity index (χ4v) is 5.01. The Labute approximate surface area is 164 Å². The number of para-hydroxylation sites is 1. The zero-order valence-corrected chi connectivity index (χ0v) is 16.5. The van der Waals surface area contributed by atoms with Crippen molar-refractivity contribution in [2.75, 3.05) is 11.2 Å². The minimum absolute atomic E-state index is 0.00592. The lowest BCUT2D eigenvalue weighted by atomic mass is 10.2. The predicted molar refractivity (Wildman–Crippen MR) is 113 cm³/mol. The van der Waals surface area contributed by atoms with Crippen LogP contribution < -0.4 is 4.90 Å². The molecule has 0 fully saturated rings. The Morgan fingerprint density at radius 2 is 1.92 bits per heavy atom. The molecule has 0 saturated heterocycles. The third-order valence-electron chi connectivity index (χ3n) is 3.98. The lowest BCUT2D eigenvalue weighted by molar-refractivity contribution is 0.0989. The second-order valence-corrected chi connectivity index (χ2v) is 8.46. The van der Waals surface area contributed by atoms with Gasteiger partial charge in [0.2, 0.25) is 0 Å². The molecule has 1 amide bonds. The highest BCUT2D eigenvalue weighted by atomic mass is 32.2. The summed E-state index contributed by atoms with van der Waals surface area (Å²) in [5.74, 6) is -0.00592. The van der Waals surface area contributed by atoms with E-state index >= 15 is 0 Å². The second-order valence-electron chi connectivity index (χ2n) is 5.66. The van der Waals surface area contributed by atoms with Crippen LogP contribution in [-0.4, -0.2) is 17.1 Å². The number of thioether (sulfide) groups is 1. The van der Waals surface area contributed by atoms with Crippen LogP contribution in [0, 0.1) is 0 Å². The van der Waals surface area contributed by atoms with E-state index in [2.05, 4.69) is 12.1 Å². The number of thiazole rings is 1. The van der Waals surface area contributed by atoms with E-state index in [0.717, 1.165) is 30.7 Å². The molecule has 0 unspecified atom stereocenters. The molecule has 0 bridgehead atoms. The van der Waals surface area contributed by atoms with Crippen LogP contribution in [0.15, 0.2) is 70.9 Å². The SMILES string of the molecule is CSc1cccc2sc(N(Cc3ccccc3)C(=O)c3cccs3)nc12. The molecule has 2 aromatic carbocycles. The number of hydrogen-bond acceptors (Lipinski definition) is 5. The van der Waals surface area contributed by atoms with Crippen LogP contribution in [0.3, 0.4) is 0 Å². The quantitative estimate of drug-likeness (QED) is 0.392. The van der Waals surface area contributed by atoms with Crippen LogP contribution in [0.1, 0.15) is 15.2 Å². The van der Waals surface area contributed by atoms with Crippen LogP contribution >= 0.6 is 34.4 Å². The van der Waals surface area contributed by atoms with Gasteiger partial charge in [-0.25, -0.2) is 4.98 Å². The standard InChI is InChI=1S/C20H16N2OS3/c1-24-15-9-5-10-16-18(15)21-20(26-16)22(13-14-7-3-2-4-8-14)19(23)17-11-6-12-25-17/h2-12H,13H2,1H3. The molecule has 0 saturated carbocycles. The Morgan fingerprint density at radius 1 is 1.08 bits per heavy atom. The average molecular weight is 397 g/mol. The minimum atomic E-state index is -0.00592. The van der Waals surface area contributed by atoms with Crippen molar-refractivity contribution in [3.63, 3.8) is 0 Å². The molecule has 2 heterocycles. The van der Waals surface area contributed by atoms with Gasteiger partial charge in [-0.15, -0.1) is 23.1 Å². The number of anilines is 1. The van der Waals surface area contributed by atoms with Gasteiger partial charge in [-0.05, 0) is 35.4 Å². The van der Waals surface area contributed by atoms with Gasteiger partial charge in [-0.3, -0.25) is 9.69 Å². The Hall–Kier alpha value is -2.15. The predicted octanol–water partition coefficient (Wildman–Crippen LogP) is 5.93. The van der Waals surface area contributed by atoms with E-state index in [0.29, 0.717) is 6.54 Å². The fourth-order valence-electron chi connectivity index (χ4n) is 2.72. The van der Waals surface area contributed by atoms with Gasteiger partial charge in [0, 0.05) is 4.90 Å². The van der Waals surface area contributed by atoms with E-state index in [-0.39, 0.29) is 5.91 Å². The van der Waals surface area contributed by atoms with Crippen LogP contribution in [0.25, 0.3) is 10.2 Å². The molecule has 6 heteroatoms. The highest BCUT2D eigenvalue weighted by Gasteiger charge is 2.23. The van der Waals surface area contributed by atoms with E-state index in [1.165, 1.54) is 11.3 Å². The maximum Gasteiger partial charge on any atom is 0.270 e. The molecule has 0 aliphatic rings. The van der Waals surface area contributed by atoms with Crippen molar-refractivity contribution in [2.24, 2.45) is 0 Å². The van der Waals surface area contributed by atoms with Gasteiger partial charge in [0.25, 0.3) is 5.91 Å².